The average molecular weight is 468 g/mol. The van der Waals surface area contributed by atoms with Crippen molar-refractivity contribution in [2.75, 3.05) is 38.1 Å². The Morgan fingerprint density at radius 2 is 1.97 bits per heavy atom. The van der Waals surface area contributed by atoms with Gasteiger partial charge in [0.15, 0.2) is 5.58 Å². The van der Waals surface area contributed by atoms with Crippen LogP contribution in [0.4, 0.5) is 14.5 Å². The molecule has 176 valence electrons. The van der Waals surface area contributed by atoms with Crippen LogP contribution in [0.15, 0.2) is 33.6 Å². The number of piperazine rings is 1. The molecule has 0 aliphatic carbocycles. The average Bonchev–Trinajstić information content (AvgIpc) is 3.22. The maximum atomic E-state index is 15.0. The molecule has 0 bridgehead atoms. The number of H-pyrrole nitrogens is 1. The maximum Gasteiger partial charge on any atom is 0.269 e. The lowest BCUT2D eigenvalue weighted by molar-refractivity contribution is 0.0957. The van der Waals surface area contributed by atoms with Gasteiger partial charge >= 0.3 is 0 Å². The molecule has 2 N–H and O–H groups in total. The van der Waals surface area contributed by atoms with Crippen LogP contribution in [0.1, 0.15) is 21.7 Å². The highest BCUT2D eigenvalue weighted by Crippen LogP contribution is 2.27. The third kappa shape index (κ3) is 3.77. The second-order valence-electron chi connectivity index (χ2n) is 8.26. The zero-order chi connectivity index (χ0) is 24.0. The Morgan fingerprint density at radius 3 is 2.68 bits per heavy atom. The molecular formula is C23H22F2N6O3. The minimum Gasteiger partial charge on any atom is -0.365 e. The largest absolute Gasteiger partial charge is 0.365 e. The van der Waals surface area contributed by atoms with E-state index in [1.54, 1.807) is 19.1 Å². The molecule has 4 aromatic rings. The highest BCUT2D eigenvalue weighted by atomic mass is 19.1. The number of aromatic nitrogens is 3. The number of pyridine rings is 2. The number of nitrogens with one attached hydrogen (secondary N) is 2. The van der Waals surface area contributed by atoms with Crippen LogP contribution in [0.3, 0.4) is 0 Å². The van der Waals surface area contributed by atoms with Gasteiger partial charge in [0.05, 0.1) is 16.9 Å². The molecule has 0 saturated carbocycles. The van der Waals surface area contributed by atoms with Gasteiger partial charge in [0.2, 0.25) is 5.95 Å². The van der Waals surface area contributed by atoms with Crippen LogP contribution in [-0.2, 0) is 6.54 Å². The molecular weight excluding hydrogens is 446 g/mol. The first kappa shape index (κ1) is 22.0. The minimum absolute atomic E-state index is 0.0185. The molecule has 1 aliphatic heterocycles. The third-order valence-corrected chi connectivity index (χ3v) is 6.16. The number of carbonyl (C=O) groups excluding carboxylic acids is 1. The monoisotopic (exact) mass is 468 g/mol. The van der Waals surface area contributed by atoms with Crippen molar-refractivity contribution < 1.29 is 18.1 Å². The number of aromatic amines is 1. The molecule has 1 aliphatic rings. The topological polar surface area (TPSA) is 107 Å². The van der Waals surface area contributed by atoms with E-state index in [0.29, 0.717) is 66.0 Å². The van der Waals surface area contributed by atoms with Gasteiger partial charge < -0.3 is 19.7 Å². The fourth-order valence-corrected chi connectivity index (χ4v) is 4.34. The standard InChI is InChI=1S/C23H22F2N6O3/c1-12-19-20(34-29-12)14-10-15(24)13(9-17(14)28-23(19)33)11-30-5-7-31(8-6-30)18-4-3-16(22(32)26-2)27-21(18)25/h3-4,9-10H,5-8,11H2,1-2H3,(H,26,32)(H,28,33). The van der Waals surface area contributed by atoms with Crippen LogP contribution < -0.4 is 15.8 Å². The number of aryl methyl sites for hydroxylation is 1. The number of fused-ring (bicyclic) bond motifs is 3. The van der Waals surface area contributed by atoms with E-state index in [1.807, 2.05) is 4.90 Å². The van der Waals surface area contributed by atoms with Gasteiger partial charge in [-0.2, -0.15) is 4.39 Å². The Hall–Kier alpha value is -3.86. The molecule has 11 heteroatoms. The predicted octanol–water partition coefficient (Wildman–Crippen LogP) is 2.33. The zero-order valence-electron chi connectivity index (χ0n) is 18.6. The number of amides is 1. The molecule has 0 atom stereocenters. The number of nitrogens with zero attached hydrogens (tertiary/aromatic N) is 4. The number of anilines is 1. The SMILES string of the molecule is CNC(=O)c1ccc(N2CCN(Cc3cc4[nH]c(=O)c5c(C)noc5c4cc3F)CC2)c(F)n1. The Morgan fingerprint density at radius 1 is 1.21 bits per heavy atom. The van der Waals surface area contributed by atoms with E-state index in [0.717, 1.165) is 0 Å². The number of benzene rings is 1. The van der Waals surface area contributed by atoms with E-state index in [4.69, 9.17) is 4.52 Å². The lowest BCUT2D eigenvalue weighted by Gasteiger charge is -2.36. The van der Waals surface area contributed by atoms with Gasteiger partial charge in [0.25, 0.3) is 11.5 Å². The molecule has 0 unspecified atom stereocenters. The van der Waals surface area contributed by atoms with Crippen molar-refractivity contribution in [2.45, 2.75) is 13.5 Å². The van der Waals surface area contributed by atoms with Crippen LogP contribution >= 0.6 is 0 Å². The summed E-state index contributed by atoms with van der Waals surface area (Å²) in [6, 6.07) is 6.02. The number of halogens is 2. The van der Waals surface area contributed by atoms with Crippen LogP contribution in [0.5, 0.6) is 0 Å². The lowest BCUT2D eigenvalue weighted by Crippen LogP contribution is -2.46. The second kappa shape index (κ2) is 8.49. The van der Waals surface area contributed by atoms with Gasteiger partial charge in [-0.05, 0) is 31.2 Å². The van der Waals surface area contributed by atoms with Crippen molar-refractivity contribution in [1.29, 1.82) is 0 Å². The normalized spacial score (nSPS) is 14.8. The highest BCUT2D eigenvalue weighted by molar-refractivity contribution is 6.02. The van der Waals surface area contributed by atoms with Crippen molar-refractivity contribution in [3.63, 3.8) is 0 Å². The van der Waals surface area contributed by atoms with E-state index in [-0.39, 0.29) is 16.8 Å². The van der Waals surface area contributed by atoms with E-state index in [9.17, 15) is 18.4 Å². The van der Waals surface area contributed by atoms with Crippen molar-refractivity contribution in [3.8, 4) is 0 Å². The van der Waals surface area contributed by atoms with Crippen LogP contribution in [0.2, 0.25) is 0 Å². The van der Waals surface area contributed by atoms with Gasteiger partial charge in [-0.15, -0.1) is 0 Å². The summed E-state index contributed by atoms with van der Waals surface area (Å²) in [5.41, 5.74) is 1.66. The Labute approximate surface area is 192 Å². The Bertz CT molecular complexity index is 1470. The van der Waals surface area contributed by atoms with Crippen molar-refractivity contribution in [3.05, 3.63) is 63.3 Å². The predicted molar refractivity (Wildman–Crippen MR) is 122 cm³/mol. The molecule has 1 saturated heterocycles. The fourth-order valence-electron chi connectivity index (χ4n) is 4.34. The molecule has 34 heavy (non-hydrogen) atoms. The lowest BCUT2D eigenvalue weighted by atomic mass is 10.1. The molecule has 5 rings (SSSR count). The second-order valence-corrected chi connectivity index (χ2v) is 8.26. The number of hydrogen-bond acceptors (Lipinski definition) is 7. The summed E-state index contributed by atoms with van der Waals surface area (Å²) in [5.74, 6) is -1.56. The van der Waals surface area contributed by atoms with Gasteiger partial charge in [-0.3, -0.25) is 14.5 Å². The first-order chi connectivity index (χ1) is 16.4. The summed E-state index contributed by atoms with van der Waals surface area (Å²) >= 11 is 0. The Kier molecular flexibility index (Phi) is 5.48. The van der Waals surface area contributed by atoms with E-state index in [1.165, 1.54) is 19.2 Å². The van der Waals surface area contributed by atoms with Crippen molar-refractivity contribution >= 4 is 33.5 Å². The molecule has 4 heterocycles. The fraction of sp³-hybridized carbons (Fsp3) is 0.304. The summed E-state index contributed by atoms with van der Waals surface area (Å²) in [6.07, 6.45) is 0. The quantitative estimate of drug-likeness (QED) is 0.443. The van der Waals surface area contributed by atoms with E-state index >= 15 is 0 Å². The zero-order valence-corrected chi connectivity index (χ0v) is 18.6. The minimum atomic E-state index is -0.701. The molecule has 1 fully saturated rings. The molecule has 0 radical (unpaired) electrons. The van der Waals surface area contributed by atoms with Gasteiger partial charge in [0.1, 0.15) is 16.9 Å². The summed E-state index contributed by atoms with van der Waals surface area (Å²) in [6.45, 7) is 4.18. The van der Waals surface area contributed by atoms with E-state index in [2.05, 4.69) is 25.3 Å². The van der Waals surface area contributed by atoms with Crippen LogP contribution in [0.25, 0.3) is 21.9 Å². The first-order valence-electron chi connectivity index (χ1n) is 10.8. The van der Waals surface area contributed by atoms with Crippen LogP contribution in [-0.4, -0.2) is 59.2 Å². The highest BCUT2D eigenvalue weighted by Gasteiger charge is 2.23. The molecule has 9 nitrogen and oxygen atoms in total. The van der Waals surface area contributed by atoms with Gasteiger partial charge in [-0.25, -0.2) is 9.37 Å². The van der Waals surface area contributed by atoms with Gasteiger partial charge in [0, 0.05) is 50.7 Å². The summed E-state index contributed by atoms with van der Waals surface area (Å²) in [4.78, 5) is 34.5. The van der Waals surface area contributed by atoms with Crippen molar-refractivity contribution in [2.24, 2.45) is 0 Å². The van der Waals surface area contributed by atoms with E-state index < -0.39 is 17.7 Å². The summed E-state index contributed by atoms with van der Waals surface area (Å²) in [5, 5.41) is 7.03. The molecule has 1 amide bonds. The summed E-state index contributed by atoms with van der Waals surface area (Å²) < 4.78 is 34.7. The number of carbonyl (C=O) groups is 1. The molecule has 0 spiro atoms. The Balaban J connectivity index is 1.32. The number of rotatable bonds is 4. The smallest absolute Gasteiger partial charge is 0.269 e. The molecule has 1 aromatic carbocycles. The van der Waals surface area contributed by atoms with Gasteiger partial charge in [-0.1, -0.05) is 5.16 Å². The van der Waals surface area contributed by atoms with Crippen LogP contribution in [0, 0.1) is 18.7 Å². The summed E-state index contributed by atoms with van der Waals surface area (Å²) in [7, 11) is 1.46. The first-order valence-corrected chi connectivity index (χ1v) is 10.8. The number of hydrogen-bond donors (Lipinski definition) is 2. The third-order valence-electron chi connectivity index (χ3n) is 6.16. The molecule has 3 aromatic heterocycles. The van der Waals surface area contributed by atoms with Crippen molar-refractivity contribution in [1.82, 2.24) is 25.3 Å². The maximum absolute atomic E-state index is 15.0.